The van der Waals surface area contributed by atoms with Crippen LogP contribution >= 0.6 is 0 Å². The molecule has 3 N–H and O–H groups in total. The van der Waals surface area contributed by atoms with E-state index < -0.39 is 21.3 Å². The molecule has 1 saturated carbocycles. The second-order valence-corrected chi connectivity index (χ2v) is 10.7. The van der Waals surface area contributed by atoms with Crippen LogP contribution in [0.3, 0.4) is 0 Å². The normalized spacial score (nSPS) is 20.2. The highest BCUT2D eigenvalue weighted by atomic mass is 32.2. The standard InChI is InChI=1S/C26H29N3O4S/c1-34(31,32)29-21-11-13-26(16-21,25(27)30)17-22-15-20(12-14-28-22)23-9-5-6-10-24(23)33-18-19-7-3-2-4-8-19/h2-10,12,14-15,21,29H,11,13,16-18H2,1H3,(H2,27,30)/t21-,26-/m0/s1. The number of carbonyl (C=O) groups excluding carboxylic acids is 1. The summed E-state index contributed by atoms with van der Waals surface area (Å²) in [5.41, 5.74) is 8.64. The van der Waals surface area contributed by atoms with Gasteiger partial charge in [-0.3, -0.25) is 9.78 Å². The minimum absolute atomic E-state index is 0.308. The highest BCUT2D eigenvalue weighted by molar-refractivity contribution is 7.88. The Morgan fingerprint density at radius 3 is 2.62 bits per heavy atom. The molecule has 34 heavy (non-hydrogen) atoms. The lowest BCUT2D eigenvalue weighted by molar-refractivity contribution is -0.127. The Bertz CT molecular complexity index is 1260. The molecular weight excluding hydrogens is 450 g/mol. The van der Waals surface area contributed by atoms with Crippen LogP contribution in [0, 0.1) is 5.41 Å². The van der Waals surface area contributed by atoms with E-state index in [1.54, 1.807) is 6.20 Å². The zero-order valence-corrected chi connectivity index (χ0v) is 19.9. The van der Waals surface area contributed by atoms with Gasteiger partial charge in [0, 0.05) is 29.9 Å². The molecule has 0 spiro atoms. The van der Waals surface area contributed by atoms with Crippen molar-refractivity contribution in [1.29, 1.82) is 0 Å². The van der Waals surface area contributed by atoms with Gasteiger partial charge in [0.15, 0.2) is 0 Å². The van der Waals surface area contributed by atoms with Gasteiger partial charge in [0.1, 0.15) is 12.4 Å². The fourth-order valence-electron chi connectivity index (χ4n) is 4.66. The lowest BCUT2D eigenvalue weighted by Crippen LogP contribution is -2.40. The number of pyridine rings is 1. The lowest BCUT2D eigenvalue weighted by atomic mass is 9.80. The van der Waals surface area contributed by atoms with Crippen LogP contribution in [-0.4, -0.2) is 31.6 Å². The van der Waals surface area contributed by atoms with E-state index in [9.17, 15) is 13.2 Å². The number of nitrogens with one attached hydrogen (secondary N) is 1. The number of para-hydroxylation sites is 1. The van der Waals surface area contributed by atoms with Crippen molar-refractivity contribution in [3.63, 3.8) is 0 Å². The Labute approximate surface area is 200 Å². The van der Waals surface area contributed by atoms with E-state index in [4.69, 9.17) is 10.5 Å². The van der Waals surface area contributed by atoms with Gasteiger partial charge in [0.2, 0.25) is 15.9 Å². The molecule has 1 fully saturated rings. The van der Waals surface area contributed by atoms with Gasteiger partial charge in [0.25, 0.3) is 0 Å². The van der Waals surface area contributed by atoms with Crippen LogP contribution in [0.2, 0.25) is 0 Å². The number of nitrogens with two attached hydrogens (primary N) is 1. The molecule has 0 saturated heterocycles. The SMILES string of the molecule is CS(=O)(=O)N[C@H]1CC[C@](Cc2cc(-c3ccccc3OCc3ccccc3)ccn2)(C(N)=O)C1. The summed E-state index contributed by atoms with van der Waals surface area (Å²) in [4.78, 5) is 17.0. The summed E-state index contributed by atoms with van der Waals surface area (Å²) in [6.07, 6.45) is 4.63. The Balaban J connectivity index is 1.55. The number of nitrogens with zero attached hydrogens (tertiary/aromatic N) is 1. The van der Waals surface area contributed by atoms with Gasteiger partial charge in [-0.25, -0.2) is 13.1 Å². The van der Waals surface area contributed by atoms with Crippen LogP contribution in [0.1, 0.15) is 30.5 Å². The smallest absolute Gasteiger partial charge is 0.224 e. The van der Waals surface area contributed by atoms with Crippen LogP contribution in [0.15, 0.2) is 72.9 Å². The van der Waals surface area contributed by atoms with Crippen LogP contribution in [0.5, 0.6) is 5.75 Å². The number of aromatic nitrogens is 1. The first-order valence-electron chi connectivity index (χ1n) is 11.2. The molecule has 1 heterocycles. The molecule has 0 bridgehead atoms. The second kappa shape index (κ2) is 9.95. The maximum atomic E-state index is 12.5. The summed E-state index contributed by atoms with van der Waals surface area (Å²) >= 11 is 0. The van der Waals surface area contributed by atoms with Gasteiger partial charge in [-0.1, -0.05) is 48.5 Å². The number of amides is 1. The number of benzene rings is 2. The van der Waals surface area contributed by atoms with Crippen molar-refractivity contribution in [3.8, 4) is 16.9 Å². The van der Waals surface area contributed by atoms with E-state index in [1.165, 1.54) is 0 Å². The summed E-state index contributed by atoms with van der Waals surface area (Å²) < 4.78 is 32.0. The molecule has 0 unspecified atom stereocenters. The number of sulfonamides is 1. The van der Waals surface area contributed by atoms with Crippen molar-refractivity contribution >= 4 is 15.9 Å². The van der Waals surface area contributed by atoms with Crippen molar-refractivity contribution in [1.82, 2.24) is 9.71 Å². The molecule has 0 radical (unpaired) electrons. The Kier molecular flexibility index (Phi) is 7.00. The molecule has 7 nitrogen and oxygen atoms in total. The summed E-state index contributed by atoms with van der Waals surface area (Å²) in [6, 6.07) is 21.3. The molecule has 1 aromatic heterocycles. The first-order chi connectivity index (χ1) is 16.2. The number of hydrogen-bond acceptors (Lipinski definition) is 5. The first-order valence-corrected chi connectivity index (χ1v) is 13.1. The number of hydrogen-bond donors (Lipinski definition) is 2. The van der Waals surface area contributed by atoms with Crippen LogP contribution < -0.4 is 15.2 Å². The van der Waals surface area contributed by atoms with E-state index >= 15 is 0 Å². The van der Waals surface area contributed by atoms with Crippen molar-refractivity contribution in [2.24, 2.45) is 11.1 Å². The number of rotatable bonds is 9. The average Bonchev–Trinajstić information content (AvgIpc) is 3.21. The van der Waals surface area contributed by atoms with Gasteiger partial charge < -0.3 is 10.5 Å². The van der Waals surface area contributed by atoms with Crippen LogP contribution in [-0.2, 0) is 27.8 Å². The molecule has 178 valence electrons. The fraction of sp³-hybridized carbons (Fsp3) is 0.308. The van der Waals surface area contributed by atoms with Crippen molar-refractivity contribution in [3.05, 3.63) is 84.2 Å². The zero-order chi connectivity index (χ0) is 24.2. The fourth-order valence-corrected chi connectivity index (χ4v) is 5.46. The summed E-state index contributed by atoms with van der Waals surface area (Å²) in [7, 11) is -3.36. The molecule has 2 atom stereocenters. The van der Waals surface area contributed by atoms with Crippen LogP contribution in [0.4, 0.5) is 0 Å². The maximum absolute atomic E-state index is 12.5. The molecular formula is C26H29N3O4S. The van der Waals surface area contributed by atoms with E-state index in [1.807, 2.05) is 66.7 Å². The van der Waals surface area contributed by atoms with E-state index in [-0.39, 0.29) is 6.04 Å². The van der Waals surface area contributed by atoms with Gasteiger partial charge in [-0.15, -0.1) is 0 Å². The predicted octanol–water partition coefficient (Wildman–Crippen LogP) is 3.44. The third-order valence-corrected chi connectivity index (χ3v) is 7.04. The Hall–Kier alpha value is -3.23. The molecule has 3 aromatic rings. The largest absolute Gasteiger partial charge is 0.488 e. The van der Waals surface area contributed by atoms with E-state index in [0.717, 1.165) is 34.4 Å². The molecule has 0 aliphatic heterocycles. The van der Waals surface area contributed by atoms with Gasteiger partial charge in [0.05, 0.1) is 11.7 Å². The second-order valence-electron chi connectivity index (χ2n) is 8.96. The summed E-state index contributed by atoms with van der Waals surface area (Å²) in [6.45, 7) is 0.454. The van der Waals surface area contributed by atoms with Crippen molar-refractivity contribution in [2.75, 3.05) is 6.26 Å². The maximum Gasteiger partial charge on any atom is 0.224 e. The molecule has 2 aromatic carbocycles. The topological polar surface area (TPSA) is 111 Å². The Morgan fingerprint density at radius 2 is 1.88 bits per heavy atom. The lowest BCUT2D eigenvalue weighted by Gasteiger charge is -2.25. The highest BCUT2D eigenvalue weighted by Crippen LogP contribution is 2.41. The van der Waals surface area contributed by atoms with Crippen molar-refractivity contribution in [2.45, 2.75) is 38.3 Å². The predicted molar refractivity (Wildman–Crippen MR) is 131 cm³/mol. The monoisotopic (exact) mass is 479 g/mol. The average molecular weight is 480 g/mol. The minimum atomic E-state index is -3.36. The molecule has 1 amide bonds. The van der Waals surface area contributed by atoms with E-state index in [2.05, 4.69) is 9.71 Å². The number of carbonyl (C=O) groups is 1. The summed E-state index contributed by atoms with van der Waals surface area (Å²) in [5, 5.41) is 0. The first kappa shape index (κ1) is 23.9. The quantitative estimate of drug-likeness (QED) is 0.488. The van der Waals surface area contributed by atoms with Crippen LogP contribution in [0.25, 0.3) is 11.1 Å². The Morgan fingerprint density at radius 1 is 1.15 bits per heavy atom. The van der Waals surface area contributed by atoms with Gasteiger partial charge in [-0.05, 0) is 48.6 Å². The number of primary amides is 1. The van der Waals surface area contributed by atoms with E-state index in [0.29, 0.717) is 32.3 Å². The third-order valence-electron chi connectivity index (χ3n) is 6.28. The molecule has 4 rings (SSSR count). The molecule has 8 heteroatoms. The zero-order valence-electron chi connectivity index (χ0n) is 19.1. The highest BCUT2D eigenvalue weighted by Gasteiger charge is 2.45. The minimum Gasteiger partial charge on any atom is -0.488 e. The summed E-state index contributed by atoms with van der Waals surface area (Å²) in [5.74, 6) is 0.329. The number of ether oxygens (including phenoxy) is 1. The van der Waals surface area contributed by atoms with Crippen molar-refractivity contribution < 1.29 is 17.9 Å². The molecule has 1 aliphatic carbocycles. The van der Waals surface area contributed by atoms with Gasteiger partial charge >= 0.3 is 0 Å². The van der Waals surface area contributed by atoms with Gasteiger partial charge in [-0.2, -0.15) is 0 Å². The molecule has 1 aliphatic rings. The third kappa shape index (κ3) is 5.81.